The van der Waals surface area contributed by atoms with Crippen LogP contribution in [-0.2, 0) is 31.6 Å². The topological polar surface area (TPSA) is 149 Å². The number of nitrogens with one attached hydrogen (secondary N) is 3. The quantitative estimate of drug-likeness (QED) is 0.0928. The van der Waals surface area contributed by atoms with Crippen LogP contribution >= 0.6 is 0 Å². The van der Waals surface area contributed by atoms with E-state index in [1.54, 1.807) is 6.07 Å². The first-order valence-corrected chi connectivity index (χ1v) is 19.1. The molecule has 10 heteroatoms. The summed E-state index contributed by atoms with van der Waals surface area (Å²) in [4.78, 5) is 47.3. The van der Waals surface area contributed by atoms with E-state index in [-0.39, 0.29) is 41.5 Å². The number of aliphatic imine (C=N–C) groups is 1. The van der Waals surface area contributed by atoms with Gasteiger partial charge in [0.25, 0.3) is 0 Å². The Bertz CT molecular complexity index is 1560. The van der Waals surface area contributed by atoms with E-state index < -0.39 is 11.5 Å². The van der Waals surface area contributed by atoms with Crippen molar-refractivity contribution in [1.29, 1.82) is 0 Å². The fourth-order valence-electron chi connectivity index (χ4n) is 8.59. The van der Waals surface area contributed by atoms with Gasteiger partial charge in [-0.2, -0.15) is 0 Å². The standard InChI is InChI=1S/C41H60N6O4/c1-6-7-14-36(42)43-18-11-19-44-38(50)34(21-27(2)3)46-37(49)25-45-39(51)41(30-12-9-8-10-13-30)24-31(41)26-47-20-17-40(5)28(4)35(47)22-29-15-16-32(48)23-33(29)40/h8-10,12-13,15-16,23,27-28,31,34-35,48H,6-7,11,14,17-22,24-26H2,1-5H3,(H2,42,43)(H,44,50)(H,45,51)(H,46,49)/t28-,31-,34+,35+,40+,41+/m0/s1. The van der Waals surface area contributed by atoms with Gasteiger partial charge in [-0.15, -0.1) is 0 Å². The van der Waals surface area contributed by atoms with E-state index in [9.17, 15) is 19.5 Å². The molecular weight excluding hydrogens is 640 g/mol. The van der Waals surface area contributed by atoms with Crippen molar-refractivity contribution < 1.29 is 19.5 Å². The predicted molar refractivity (Wildman–Crippen MR) is 203 cm³/mol. The molecule has 0 aromatic heterocycles. The number of likely N-dealkylation sites (tertiary alicyclic amines) is 1. The smallest absolute Gasteiger partial charge is 0.242 e. The van der Waals surface area contributed by atoms with Crippen LogP contribution in [0.3, 0.4) is 0 Å². The molecule has 1 aliphatic heterocycles. The van der Waals surface area contributed by atoms with Gasteiger partial charge < -0.3 is 26.8 Å². The third-order valence-corrected chi connectivity index (χ3v) is 11.9. The molecule has 6 N–H and O–H groups in total. The van der Waals surface area contributed by atoms with Crippen LogP contribution in [-0.4, -0.2) is 78.4 Å². The first-order chi connectivity index (χ1) is 24.4. The van der Waals surface area contributed by atoms with Crippen LogP contribution in [0.2, 0.25) is 0 Å². The number of piperidine rings is 1. The van der Waals surface area contributed by atoms with Gasteiger partial charge in [0.15, 0.2) is 0 Å². The second kappa shape index (κ2) is 16.6. The third-order valence-electron chi connectivity index (χ3n) is 11.9. The summed E-state index contributed by atoms with van der Waals surface area (Å²) in [5.41, 5.74) is 8.79. The second-order valence-electron chi connectivity index (χ2n) is 15.9. The molecule has 3 aliphatic rings. The van der Waals surface area contributed by atoms with E-state index in [0.717, 1.165) is 57.2 Å². The van der Waals surface area contributed by atoms with Gasteiger partial charge in [-0.3, -0.25) is 24.3 Å². The maximum absolute atomic E-state index is 14.1. The lowest BCUT2D eigenvalue weighted by molar-refractivity contribution is -0.130. The summed E-state index contributed by atoms with van der Waals surface area (Å²) in [6.45, 7) is 13.3. The highest BCUT2D eigenvalue weighted by molar-refractivity contribution is 5.95. The number of amides is 3. The first-order valence-electron chi connectivity index (χ1n) is 19.1. The molecule has 0 unspecified atom stereocenters. The Balaban J connectivity index is 1.18. The number of rotatable bonds is 17. The lowest BCUT2D eigenvalue weighted by Crippen LogP contribution is -2.58. The van der Waals surface area contributed by atoms with Crippen LogP contribution in [0.5, 0.6) is 5.75 Å². The van der Waals surface area contributed by atoms with Gasteiger partial charge in [0.2, 0.25) is 17.7 Å². The molecule has 0 radical (unpaired) electrons. The van der Waals surface area contributed by atoms with Crippen LogP contribution < -0.4 is 21.7 Å². The second-order valence-corrected chi connectivity index (χ2v) is 15.9. The Morgan fingerprint density at radius 1 is 1.10 bits per heavy atom. The van der Waals surface area contributed by atoms with Crippen molar-refractivity contribution in [1.82, 2.24) is 20.9 Å². The first kappa shape index (κ1) is 38.3. The van der Waals surface area contributed by atoms with E-state index in [0.29, 0.717) is 49.5 Å². The number of phenols is 1. The molecule has 0 spiro atoms. The Morgan fingerprint density at radius 3 is 2.59 bits per heavy atom. The van der Waals surface area contributed by atoms with Gasteiger partial charge in [-0.1, -0.05) is 77.4 Å². The van der Waals surface area contributed by atoms with Gasteiger partial charge in [0.1, 0.15) is 11.8 Å². The van der Waals surface area contributed by atoms with Crippen LogP contribution in [0, 0.1) is 17.8 Å². The van der Waals surface area contributed by atoms with Gasteiger partial charge in [-0.25, -0.2) is 0 Å². The highest BCUT2D eigenvalue weighted by atomic mass is 16.3. The normalized spacial score (nSPS) is 26.2. The number of aromatic hydroxyl groups is 1. The van der Waals surface area contributed by atoms with Crippen LogP contribution in [0.15, 0.2) is 53.5 Å². The molecule has 278 valence electrons. The molecule has 2 aromatic carbocycles. The number of amidine groups is 1. The highest BCUT2D eigenvalue weighted by Crippen LogP contribution is 2.56. The van der Waals surface area contributed by atoms with Crippen molar-refractivity contribution in [2.75, 3.05) is 32.7 Å². The summed E-state index contributed by atoms with van der Waals surface area (Å²) in [5, 5.41) is 19.0. The maximum atomic E-state index is 14.1. The summed E-state index contributed by atoms with van der Waals surface area (Å²) in [6.07, 6.45) is 6.65. The Kier molecular flexibility index (Phi) is 12.5. The molecule has 3 amide bonds. The molecule has 1 heterocycles. The number of phenolic OH excluding ortho intramolecular Hbond substituents is 1. The molecule has 5 rings (SSSR count). The number of benzene rings is 2. The van der Waals surface area contributed by atoms with Gasteiger partial charge in [0.05, 0.1) is 17.8 Å². The lowest BCUT2D eigenvalue weighted by Gasteiger charge is -2.55. The van der Waals surface area contributed by atoms with Crippen molar-refractivity contribution >= 4 is 23.6 Å². The van der Waals surface area contributed by atoms with Gasteiger partial charge in [-0.05, 0) is 97.1 Å². The largest absolute Gasteiger partial charge is 0.508 e. The Hall–Kier alpha value is -3.92. The van der Waals surface area contributed by atoms with E-state index in [1.165, 1.54) is 11.1 Å². The molecular formula is C41H60N6O4. The van der Waals surface area contributed by atoms with Crippen LogP contribution in [0.4, 0.5) is 0 Å². The van der Waals surface area contributed by atoms with Crippen molar-refractivity contribution in [2.45, 2.75) is 109 Å². The average Bonchev–Trinajstić information content (AvgIpc) is 3.84. The highest BCUT2D eigenvalue weighted by Gasteiger charge is 2.62. The zero-order valence-corrected chi connectivity index (χ0v) is 31.3. The minimum absolute atomic E-state index is 0.000377. The fraction of sp³-hybridized carbons (Fsp3) is 0.610. The number of hydrogen-bond donors (Lipinski definition) is 5. The molecule has 1 saturated carbocycles. The van der Waals surface area contributed by atoms with E-state index >= 15 is 0 Å². The number of unbranched alkanes of at least 4 members (excludes halogenated alkanes) is 1. The van der Waals surface area contributed by atoms with Crippen molar-refractivity contribution in [3.63, 3.8) is 0 Å². The lowest BCUT2D eigenvalue weighted by atomic mass is 9.59. The monoisotopic (exact) mass is 700 g/mol. The van der Waals surface area contributed by atoms with E-state index in [2.05, 4.69) is 52.7 Å². The minimum atomic E-state index is -0.707. The third kappa shape index (κ3) is 8.76. The molecule has 6 atom stereocenters. The average molecular weight is 701 g/mol. The number of nitrogens with zero attached hydrogens (tertiary/aromatic N) is 2. The molecule has 2 fully saturated rings. The Morgan fingerprint density at radius 2 is 1.86 bits per heavy atom. The Labute approximate surface area is 304 Å². The van der Waals surface area contributed by atoms with E-state index in [4.69, 9.17) is 5.73 Å². The van der Waals surface area contributed by atoms with Gasteiger partial charge >= 0.3 is 0 Å². The van der Waals surface area contributed by atoms with Crippen molar-refractivity contribution in [3.8, 4) is 5.75 Å². The van der Waals surface area contributed by atoms with Crippen LogP contribution in [0.1, 0.15) is 96.3 Å². The summed E-state index contributed by atoms with van der Waals surface area (Å²) >= 11 is 0. The number of hydrogen-bond acceptors (Lipinski definition) is 6. The summed E-state index contributed by atoms with van der Waals surface area (Å²) in [6, 6.07) is 15.4. The minimum Gasteiger partial charge on any atom is -0.508 e. The van der Waals surface area contributed by atoms with E-state index in [1.807, 2.05) is 50.2 Å². The fourth-order valence-corrected chi connectivity index (χ4v) is 8.59. The molecule has 2 bridgehead atoms. The zero-order valence-electron chi connectivity index (χ0n) is 31.3. The number of carbonyl (C=O) groups excluding carboxylic acids is 3. The number of nitrogens with two attached hydrogens (primary N) is 1. The number of fused-ring (bicyclic) bond motifs is 4. The van der Waals surface area contributed by atoms with Gasteiger partial charge in [0, 0.05) is 32.1 Å². The summed E-state index contributed by atoms with van der Waals surface area (Å²) in [5.74, 6) is 0.927. The SMILES string of the molecule is CCCCC(N)=NCCCNC(=O)[C@@H](CC(C)C)NC(=O)CNC(=O)[C@@]1(c2ccccc2)C[C@H]1CN1CC[C@@]2(C)c3cc(O)ccc3C[C@@H]1[C@@H]2C. The molecule has 1 saturated heterocycles. The molecule has 2 aliphatic carbocycles. The molecule has 2 aromatic rings. The number of carbonyl (C=O) groups is 3. The van der Waals surface area contributed by atoms with Crippen molar-refractivity contribution in [2.24, 2.45) is 28.5 Å². The van der Waals surface area contributed by atoms with Crippen LogP contribution in [0.25, 0.3) is 0 Å². The predicted octanol–water partition coefficient (Wildman–Crippen LogP) is 4.58. The molecule has 51 heavy (non-hydrogen) atoms. The van der Waals surface area contributed by atoms with Crippen molar-refractivity contribution in [3.05, 3.63) is 65.2 Å². The zero-order chi connectivity index (χ0) is 36.8. The molecule has 10 nitrogen and oxygen atoms in total. The maximum Gasteiger partial charge on any atom is 0.242 e. The summed E-state index contributed by atoms with van der Waals surface area (Å²) < 4.78 is 0. The summed E-state index contributed by atoms with van der Waals surface area (Å²) in [7, 11) is 0.